The monoisotopic (exact) mass is 457 g/mol. The largest absolute Gasteiger partial charge is 0.486 e. The maximum atomic E-state index is 12.9. The molecule has 5 nitrogen and oxygen atoms in total. The molecule has 4 rings (SSSR count). The predicted molar refractivity (Wildman–Crippen MR) is 113 cm³/mol. The lowest BCUT2D eigenvalue weighted by molar-refractivity contribution is 0.0979. The molecule has 3 aromatic rings. The van der Waals surface area contributed by atoms with Crippen molar-refractivity contribution in [2.45, 2.75) is 43.3 Å². The zero-order valence-corrected chi connectivity index (χ0v) is 17.9. The number of halogens is 1. The first-order valence-corrected chi connectivity index (χ1v) is 10.9. The fraction of sp³-hybridized carbons (Fsp3) is 0.286. The maximum absolute atomic E-state index is 12.9. The van der Waals surface area contributed by atoms with E-state index in [1.807, 2.05) is 53.1 Å². The van der Waals surface area contributed by atoms with Gasteiger partial charge >= 0.3 is 0 Å². The molecule has 2 aromatic carbocycles. The average molecular weight is 458 g/mol. The molecule has 0 spiro atoms. The first-order valence-electron chi connectivity index (χ1n) is 9.25. The molecule has 0 amide bonds. The Hall–Kier alpha value is -2.12. The number of hydrogen-bond donors (Lipinski definition) is 0. The van der Waals surface area contributed by atoms with Gasteiger partial charge in [0.2, 0.25) is 0 Å². The van der Waals surface area contributed by atoms with Gasteiger partial charge in [-0.2, -0.15) is 0 Å². The highest BCUT2D eigenvalue weighted by Crippen LogP contribution is 2.33. The van der Waals surface area contributed by atoms with Crippen molar-refractivity contribution in [1.82, 2.24) is 14.8 Å². The second kappa shape index (κ2) is 8.49. The Labute approximate surface area is 176 Å². The summed E-state index contributed by atoms with van der Waals surface area (Å²) in [6.45, 7) is 3.12. The van der Waals surface area contributed by atoms with Crippen LogP contribution in [-0.4, -0.2) is 25.8 Å². The number of carbonyl (C=O) groups is 1. The third-order valence-electron chi connectivity index (χ3n) is 4.79. The van der Waals surface area contributed by atoms with Crippen molar-refractivity contribution in [3.63, 3.8) is 0 Å². The van der Waals surface area contributed by atoms with E-state index in [4.69, 9.17) is 4.74 Å². The molecule has 1 aliphatic carbocycles. The molecule has 0 fully saturated rings. The van der Waals surface area contributed by atoms with E-state index in [1.54, 1.807) is 0 Å². The zero-order valence-electron chi connectivity index (χ0n) is 15.5. The highest BCUT2D eigenvalue weighted by molar-refractivity contribution is 9.10. The number of fused-ring (bicyclic) bond motifs is 1. The molecule has 0 saturated heterocycles. The highest BCUT2D eigenvalue weighted by Gasteiger charge is 2.29. The quantitative estimate of drug-likeness (QED) is 0.525. The van der Waals surface area contributed by atoms with Gasteiger partial charge in [-0.15, -0.1) is 10.2 Å². The van der Waals surface area contributed by atoms with Crippen LogP contribution in [0.25, 0.3) is 0 Å². The summed E-state index contributed by atoms with van der Waals surface area (Å²) in [5.74, 6) is 1.73. The standard InChI is InChI=1S/C21H20BrN3O2S/c1-2-25-19(13-27-16-10-8-15(22)9-11-16)23-24-21(25)28-18-12-7-14-5-3-4-6-17(14)20(18)26/h3-6,8-11,18H,2,7,12-13H2,1H3/t18-/m1/s1. The van der Waals surface area contributed by atoms with Crippen molar-refractivity contribution < 1.29 is 9.53 Å². The number of carbonyl (C=O) groups excluding carboxylic acids is 1. The average Bonchev–Trinajstić information content (AvgIpc) is 3.11. The van der Waals surface area contributed by atoms with Crippen LogP contribution < -0.4 is 4.74 Å². The minimum Gasteiger partial charge on any atom is -0.486 e. The molecule has 0 saturated carbocycles. The highest BCUT2D eigenvalue weighted by atomic mass is 79.9. The van der Waals surface area contributed by atoms with Gasteiger partial charge in [0, 0.05) is 16.6 Å². The second-order valence-electron chi connectivity index (χ2n) is 6.55. The molecule has 144 valence electrons. The number of rotatable bonds is 6. The summed E-state index contributed by atoms with van der Waals surface area (Å²) in [5, 5.41) is 9.29. The van der Waals surface area contributed by atoms with Gasteiger partial charge in [0.15, 0.2) is 16.8 Å². The van der Waals surface area contributed by atoms with E-state index in [0.29, 0.717) is 6.61 Å². The molecule has 0 aliphatic heterocycles. The lowest BCUT2D eigenvalue weighted by Crippen LogP contribution is -2.25. The molecule has 1 aromatic heterocycles. The van der Waals surface area contributed by atoms with E-state index in [0.717, 1.165) is 51.7 Å². The summed E-state index contributed by atoms with van der Waals surface area (Å²) >= 11 is 4.93. The van der Waals surface area contributed by atoms with Gasteiger partial charge in [-0.05, 0) is 49.6 Å². The Morgan fingerprint density at radius 2 is 1.96 bits per heavy atom. The molecular weight excluding hydrogens is 438 g/mol. The second-order valence-corrected chi connectivity index (χ2v) is 8.64. The molecule has 0 unspecified atom stereocenters. The third kappa shape index (κ3) is 4.00. The number of Topliss-reactive ketones (excluding diaryl/α,β-unsaturated/α-hetero) is 1. The van der Waals surface area contributed by atoms with Crippen LogP contribution in [0, 0.1) is 0 Å². The van der Waals surface area contributed by atoms with Crippen molar-refractivity contribution in [2.75, 3.05) is 0 Å². The van der Waals surface area contributed by atoms with Crippen molar-refractivity contribution in [2.24, 2.45) is 0 Å². The number of hydrogen-bond acceptors (Lipinski definition) is 5. The van der Waals surface area contributed by atoms with Crippen molar-refractivity contribution in [1.29, 1.82) is 0 Å². The SMILES string of the molecule is CCn1c(COc2ccc(Br)cc2)nnc1S[C@@H]1CCc2ccccc2C1=O. The van der Waals surface area contributed by atoms with Crippen LogP contribution in [0.4, 0.5) is 0 Å². The van der Waals surface area contributed by atoms with E-state index in [9.17, 15) is 4.79 Å². The van der Waals surface area contributed by atoms with Crippen LogP contribution in [0.3, 0.4) is 0 Å². The molecule has 28 heavy (non-hydrogen) atoms. The van der Waals surface area contributed by atoms with Gasteiger partial charge in [0.05, 0.1) is 5.25 Å². The third-order valence-corrected chi connectivity index (χ3v) is 6.57. The minimum atomic E-state index is -0.121. The predicted octanol–water partition coefficient (Wildman–Crippen LogP) is 4.93. The molecule has 1 heterocycles. The van der Waals surface area contributed by atoms with Gasteiger partial charge < -0.3 is 9.30 Å². The molecule has 0 bridgehead atoms. The Morgan fingerprint density at radius 1 is 1.18 bits per heavy atom. The van der Waals surface area contributed by atoms with Crippen molar-refractivity contribution in [3.05, 3.63) is 70.0 Å². The summed E-state index contributed by atoms with van der Waals surface area (Å²) in [7, 11) is 0. The number of benzene rings is 2. The van der Waals surface area contributed by atoms with Crippen LogP contribution in [0.15, 0.2) is 58.2 Å². The number of aromatic nitrogens is 3. The van der Waals surface area contributed by atoms with Crippen LogP contribution in [0.1, 0.15) is 35.1 Å². The topological polar surface area (TPSA) is 57.0 Å². The van der Waals surface area contributed by atoms with E-state index in [2.05, 4.69) is 33.1 Å². The molecule has 0 radical (unpaired) electrons. The summed E-state index contributed by atoms with van der Waals surface area (Å²) in [6, 6.07) is 15.6. The zero-order chi connectivity index (χ0) is 19.5. The lowest BCUT2D eigenvalue weighted by Gasteiger charge is -2.22. The van der Waals surface area contributed by atoms with Gasteiger partial charge in [-0.3, -0.25) is 4.79 Å². The van der Waals surface area contributed by atoms with Crippen LogP contribution in [-0.2, 0) is 19.6 Å². The fourth-order valence-corrected chi connectivity index (χ4v) is 4.76. The molecule has 1 atom stereocenters. The Balaban J connectivity index is 1.47. The van der Waals surface area contributed by atoms with Gasteiger partial charge in [-0.25, -0.2) is 0 Å². The molecule has 1 aliphatic rings. The van der Waals surface area contributed by atoms with Crippen LogP contribution >= 0.6 is 27.7 Å². The van der Waals surface area contributed by atoms with Gasteiger partial charge in [0.1, 0.15) is 12.4 Å². The van der Waals surface area contributed by atoms with E-state index < -0.39 is 0 Å². The number of ketones is 1. The van der Waals surface area contributed by atoms with Crippen LogP contribution in [0.5, 0.6) is 5.75 Å². The molecule has 0 N–H and O–H groups in total. The van der Waals surface area contributed by atoms with E-state index >= 15 is 0 Å². The first kappa shape index (κ1) is 19.2. The van der Waals surface area contributed by atoms with Crippen LogP contribution in [0.2, 0.25) is 0 Å². The molecule has 7 heteroatoms. The Morgan fingerprint density at radius 3 is 2.75 bits per heavy atom. The minimum absolute atomic E-state index is 0.121. The summed E-state index contributed by atoms with van der Waals surface area (Å²) in [6.07, 6.45) is 1.74. The van der Waals surface area contributed by atoms with Gasteiger partial charge in [0.25, 0.3) is 0 Å². The maximum Gasteiger partial charge on any atom is 0.192 e. The smallest absolute Gasteiger partial charge is 0.192 e. The summed E-state index contributed by atoms with van der Waals surface area (Å²) in [5.41, 5.74) is 1.98. The summed E-state index contributed by atoms with van der Waals surface area (Å²) in [4.78, 5) is 12.9. The number of thioether (sulfide) groups is 1. The van der Waals surface area contributed by atoms with E-state index in [-0.39, 0.29) is 11.0 Å². The number of nitrogens with zero attached hydrogens (tertiary/aromatic N) is 3. The van der Waals surface area contributed by atoms with Crippen molar-refractivity contribution >= 4 is 33.5 Å². The van der Waals surface area contributed by atoms with Crippen molar-refractivity contribution in [3.8, 4) is 5.75 Å². The number of ether oxygens (including phenoxy) is 1. The van der Waals surface area contributed by atoms with E-state index in [1.165, 1.54) is 11.8 Å². The Bertz CT molecular complexity index is 988. The van der Waals surface area contributed by atoms with Gasteiger partial charge in [-0.1, -0.05) is 52.0 Å². The Kier molecular flexibility index (Phi) is 5.82. The lowest BCUT2D eigenvalue weighted by atomic mass is 9.90. The summed E-state index contributed by atoms with van der Waals surface area (Å²) < 4.78 is 8.87. The number of aryl methyl sites for hydroxylation is 1. The first-order chi connectivity index (χ1) is 13.7. The molecular formula is C21H20BrN3O2S. The normalized spacial score (nSPS) is 16.1. The fourth-order valence-electron chi connectivity index (χ4n) is 3.32.